The minimum absolute atomic E-state index is 0.194. The first-order chi connectivity index (χ1) is 16.6. The molecule has 1 saturated carbocycles. The van der Waals surface area contributed by atoms with Crippen LogP contribution in [0.3, 0.4) is 0 Å². The van der Waals surface area contributed by atoms with Crippen LogP contribution in [0.5, 0.6) is 23.0 Å². The zero-order valence-corrected chi connectivity index (χ0v) is 20.7. The van der Waals surface area contributed by atoms with E-state index in [0.29, 0.717) is 41.9 Å². The van der Waals surface area contributed by atoms with Crippen molar-refractivity contribution in [3.05, 3.63) is 47.0 Å². The second-order valence-electron chi connectivity index (χ2n) is 9.01. The van der Waals surface area contributed by atoms with Gasteiger partial charge >= 0.3 is 0 Å². The van der Waals surface area contributed by atoms with Gasteiger partial charge in [0, 0.05) is 18.5 Å². The van der Waals surface area contributed by atoms with Gasteiger partial charge in [0.2, 0.25) is 5.91 Å². The molecule has 2 aromatic carbocycles. The smallest absolute Gasteiger partial charge is 0.227 e. The highest BCUT2D eigenvalue weighted by molar-refractivity contribution is 5.94. The minimum Gasteiger partial charge on any atom is -0.493 e. The van der Waals surface area contributed by atoms with E-state index < -0.39 is 0 Å². The van der Waals surface area contributed by atoms with Gasteiger partial charge in [0.15, 0.2) is 23.0 Å². The molecule has 1 fully saturated rings. The summed E-state index contributed by atoms with van der Waals surface area (Å²) in [5.74, 6) is 3.36. The molecule has 2 aromatic rings. The SMILES string of the molecule is COc1ccc(C=C2c3cc(OC)c(OC)cc3CCN2C(=O)CC2CCCCC2)cc1OC. The lowest BCUT2D eigenvalue weighted by Crippen LogP contribution is -2.36. The predicted molar refractivity (Wildman–Crippen MR) is 134 cm³/mol. The summed E-state index contributed by atoms with van der Waals surface area (Å²) in [4.78, 5) is 15.5. The number of benzene rings is 2. The lowest BCUT2D eigenvalue weighted by Gasteiger charge is -2.34. The van der Waals surface area contributed by atoms with Crippen molar-refractivity contribution in [3.8, 4) is 23.0 Å². The fourth-order valence-electron chi connectivity index (χ4n) is 5.13. The molecule has 1 aliphatic heterocycles. The van der Waals surface area contributed by atoms with Gasteiger partial charge in [-0.25, -0.2) is 0 Å². The Morgan fingerprint density at radius 3 is 2.21 bits per heavy atom. The van der Waals surface area contributed by atoms with Crippen LogP contribution >= 0.6 is 0 Å². The van der Waals surface area contributed by atoms with Crippen LogP contribution in [-0.4, -0.2) is 45.8 Å². The number of carbonyl (C=O) groups excluding carboxylic acids is 1. The van der Waals surface area contributed by atoms with Crippen LogP contribution in [-0.2, 0) is 11.2 Å². The second kappa shape index (κ2) is 10.9. The summed E-state index contributed by atoms with van der Waals surface area (Å²) >= 11 is 0. The van der Waals surface area contributed by atoms with Gasteiger partial charge < -0.3 is 23.8 Å². The summed E-state index contributed by atoms with van der Waals surface area (Å²) in [6, 6.07) is 9.82. The van der Waals surface area contributed by atoms with Crippen LogP contribution in [0.2, 0.25) is 0 Å². The van der Waals surface area contributed by atoms with Crippen LogP contribution in [0.4, 0.5) is 0 Å². The maximum Gasteiger partial charge on any atom is 0.227 e. The van der Waals surface area contributed by atoms with Crippen molar-refractivity contribution < 1.29 is 23.7 Å². The van der Waals surface area contributed by atoms with Gasteiger partial charge in [-0.3, -0.25) is 4.79 Å². The Kier molecular flexibility index (Phi) is 7.66. The van der Waals surface area contributed by atoms with Crippen LogP contribution in [0.1, 0.15) is 55.2 Å². The zero-order valence-electron chi connectivity index (χ0n) is 20.7. The Morgan fingerprint density at radius 2 is 1.53 bits per heavy atom. The van der Waals surface area contributed by atoms with Crippen molar-refractivity contribution >= 4 is 17.7 Å². The number of ether oxygens (including phenoxy) is 4. The molecule has 0 N–H and O–H groups in total. The lowest BCUT2D eigenvalue weighted by atomic mass is 9.86. The molecule has 1 heterocycles. The zero-order chi connectivity index (χ0) is 24.1. The molecule has 34 heavy (non-hydrogen) atoms. The van der Waals surface area contributed by atoms with Crippen molar-refractivity contribution in [1.29, 1.82) is 0 Å². The molecule has 0 radical (unpaired) electrons. The molecular weight excluding hydrogens is 430 g/mol. The molecule has 182 valence electrons. The summed E-state index contributed by atoms with van der Waals surface area (Å²) in [6.07, 6.45) is 9.48. The largest absolute Gasteiger partial charge is 0.493 e. The molecule has 6 heteroatoms. The van der Waals surface area contributed by atoms with Gasteiger partial charge in [0.25, 0.3) is 0 Å². The van der Waals surface area contributed by atoms with Crippen LogP contribution in [0.25, 0.3) is 11.8 Å². The van der Waals surface area contributed by atoms with E-state index in [-0.39, 0.29) is 5.91 Å². The van der Waals surface area contributed by atoms with Crippen molar-refractivity contribution in [1.82, 2.24) is 4.90 Å². The Morgan fingerprint density at radius 1 is 0.882 bits per heavy atom. The van der Waals surface area contributed by atoms with Crippen LogP contribution in [0, 0.1) is 5.92 Å². The molecule has 0 aromatic heterocycles. The van der Waals surface area contributed by atoms with E-state index in [0.717, 1.165) is 41.6 Å². The van der Waals surface area contributed by atoms with Crippen molar-refractivity contribution in [2.45, 2.75) is 44.9 Å². The monoisotopic (exact) mass is 465 g/mol. The fourth-order valence-corrected chi connectivity index (χ4v) is 5.13. The van der Waals surface area contributed by atoms with E-state index in [9.17, 15) is 4.79 Å². The third-order valence-corrected chi connectivity index (χ3v) is 6.98. The van der Waals surface area contributed by atoms with Gasteiger partial charge in [-0.2, -0.15) is 0 Å². The van der Waals surface area contributed by atoms with Crippen molar-refractivity contribution in [2.75, 3.05) is 35.0 Å². The normalized spacial score (nSPS) is 17.3. The Bertz CT molecular complexity index is 1060. The second-order valence-corrected chi connectivity index (χ2v) is 9.01. The first-order valence-corrected chi connectivity index (χ1v) is 12.1. The average molecular weight is 466 g/mol. The number of hydrogen-bond acceptors (Lipinski definition) is 5. The Hall–Kier alpha value is -3.15. The Labute approximate surface area is 202 Å². The molecule has 1 aliphatic carbocycles. The maximum absolute atomic E-state index is 13.6. The number of hydrogen-bond donors (Lipinski definition) is 0. The standard InChI is InChI=1S/C28H35NO5/c1-31-24-11-10-20(15-25(24)32-2)14-23-22-18-27(34-4)26(33-3)17-21(22)12-13-29(23)28(30)16-19-8-6-5-7-9-19/h10-11,14-15,17-19H,5-9,12-13,16H2,1-4H3. The summed E-state index contributed by atoms with van der Waals surface area (Å²) in [6.45, 7) is 0.646. The fraction of sp³-hybridized carbons (Fsp3) is 0.464. The first kappa shape index (κ1) is 24.0. The molecule has 6 nitrogen and oxygen atoms in total. The average Bonchev–Trinajstić information content (AvgIpc) is 2.88. The van der Waals surface area contributed by atoms with Crippen LogP contribution in [0.15, 0.2) is 30.3 Å². The number of rotatable bonds is 7. The van der Waals surface area contributed by atoms with Gasteiger partial charge in [0.1, 0.15) is 0 Å². The topological polar surface area (TPSA) is 57.2 Å². The quantitative estimate of drug-likeness (QED) is 0.535. The molecule has 0 unspecified atom stereocenters. The molecular formula is C28H35NO5. The predicted octanol–water partition coefficient (Wildman–Crippen LogP) is 5.57. The maximum atomic E-state index is 13.6. The van der Waals surface area contributed by atoms with Crippen molar-refractivity contribution in [3.63, 3.8) is 0 Å². The number of nitrogens with zero attached hydrogens (tertiary/aromatic N) is 1. The number of methoxy groups -OCH3 is 4. The third kappa shape index (κ3) is 5.01. The van der Waals surface area contributed by atoms with Crippen molar-refractivity contribution in [2.24, 2.45) is 5.92 Å². The highest BCUT2D eigenvalue weighted by Gasteiger charge is 2.29. The molecule has 0 bridgehead atoms. The van der Waals surface area contributed by atoms with Crippen LogP contribution < -0.4 is 18.9 Å². The van der Waals surface area contributed by atoms with E-state index in [1.54, 1.807) is 28.4 Å². The van der Waals surface area contributed by atoms with E-state index in [1.807, 2.05) is 35.2 Å². The highest BCUT2D eigenvalue weighted by atomic mass is 16.5. The Balaban J connectivity index is 1.76. The molecule has 2 aliphatic rings. The van der Waals surface area contributed by atoms with E-state index >= 15 is 0 Å². The summed E-state index contributed by atoms with van der Waals surface area (Å²) in [7, 11) is 6.53. The molecule has 4 rings (SSSR count). The van der Waals surface area contributed by atoms with E-state index in [2.05, 4.69) is 6.08 Å². The number of fused-ring (bicyclic) bond motifs is 1. The summed E-state index contributed by atoms with van der Waals surface area (Å²) in [5.41, 5.74) is 3.96. The molecule has 0 saturated heterocycles. The van der Waals surface area contributed by atoms with E-state index in [4.69, 9.17) is 18.9 Å². The molecule has 0 atom stereocenters. The van der Waals surface area contributed by atoms with Gasteiger partial charge in [-0.15, -0.1) is 0 Å². The first-order valence-electron chi connectivity index (χ1n) is 12.1. The molecule has 0 spiro atoms. The number of amides is 1. The van der Waals surface area contributed by atoms with Gasteiger partial charge in [0.05, 0.1) is 34.1 Å². The number of carbonyl (C=O) groups is 1. The van der Waals surface area contributed by atoms with Gasteiger partial charge in [-0.1, -0.05) is 25.3 Å². The molecule has 1 amide bonds. The lowest BCUT2D eigenvalue weighted by molar-refractivity contribution is -0.129. The minimum atomic E-state index is 0.194. The third-order valence-electron chi connectivity index (χ3n) is 6.98. The summed E-state index contributed by atoms with van der Waals surface area (Å²) < 4.78 is 22.0. The highest BCUT2D eigenvalue weighted by Crippen LogP contribution is 2.40. The van der Waals surface area contributed by atoms with E-state index in [1.165, 1.54) is 19.3 Å². The summed E-state index contributed by atoms with van der Waals surface area (Å²) in [5, 5.41) is 0. The van der Waals surface area contributed by atoms with Gasteiger partial charge in [-0.05, 0) is 66.6 Å².